The third kappa shape index (κ3) is 3.66. The van der Waals surface area contributed by atoms with Crippen LogP contribution in [0, 0.1) is 5.92 Å². The molecule has 1 saturated carbocycles. The van der Waals surface area contributed by atoms with Crippen LogP contribution < -0.4 is 10.6 Å². The van der Waals surface area contributed by atoms with Crippen LogP contribution in [-0.4, -0.2) is 18.0 Å². The van der Waals surface area contributed by atoms with Crippen LogP contribution in [-0.2, 0) is 4.79 Å². The second-order valence-electron chi connectivity index (χ2n) is 6.77. The van der Waals surface area contributed by atoms with E-state index >= 15 is 0 Å². The number of rotatable bonds is 4. The Labute approximate surface area is 138 Å². The van der Waals surface area contributed by atoms with Crippen molar-refractivity contribution in [3.05, 3.63) is 42.5 Å². The van der Waals surface area contributed by atoms with Gasteiger partial charge in [-0.25, -0.2) is 0 Å². The lowest BCUT2D eigenvalue weighted by Gasteiger charge is -2.30. The van der Waals surface area contributed by atoms with Crippen LogP contribution >= 0.6 is 0 Å². The lowest BCUT2D eigenvalue weighted by molar-refractivity contribution is -0.122. The molecule has 1 fully saturated rings. The third-order valence-electron chi connectivity index (χ3n) is 4.99. The molecule has 0 saturated heterocycles. The minimum Gasteiger partial charge on any atom is -0.373 e. The Morgan fingerprint density at radius 3 is 2.65 bits per heavy atom. The monoisotopic (exact) mass is 310 g/mol. The second-order valence-corrected chi connectivity index (χ2v) is 6.77. The number of amides is 1. The maximum absolute atomic E-state index is 12.5. The Bertz CT molecular complexity index is 677. The van der Waals surface area contributed by atoms with Crippen molar-refractivity contribution >= 4 is 22.4 Å². The Hall–Kier alpha value is -2.03. The molecule has 2 aromatic rings. The summed E-state index contributed by atoms with van der Waals surface area (Å²) < 4.78 is 0. The molecule has 3 heteroatoms. The number of hydrogen-bond acceptors (Lipinski definition) is 2. The minimum absolute atomic E-state index is 0.0942. The van der Waals surface area contributed by atoms with Crippen LogP contribution in [0.5, 0.6) is 0 Å². The molecule has 3 rings (SSSR count). The zero-order valence-corrected chi connectivity index (χ0v) is 14.0. The lowest BCUT2D eigenvalue weighted by Crippen LogP contribution is -2.46. The maximum Gasteiger partial charge on any atom is 0.242 e. The van der Waals surface area contributed by atoms with Gasteiger partial charge in [0.2, 0.25) is 5.91 Å². The van der Waals surface area contributed by atoms with E-state index in [1.165, 1.54) is 24.6 Å². The van der Waals surface area contributed by atoms with Crippen LogP contribution in [0.3, 0.4) is 0 Å². The molecular formula is C20H26N2O. The molecule has 0 bridgehead atoms. The average Bonchev–Trinajstić information content (AvgIpc) is 2.57. The summed E-state index contributed by atoms with van der Waals surface area (Å²) in [5.41, 5.74) is 1.02. The molecule has 0 aromatic heterocycles. The van der Waals surface area contributed by atoms with Gasteiger partial charge < -0.3 is 10.6 Å². The van der Waals surface area contributed by atoms with E-state index in [1.807, 2.05) is 31.2 Å². The van der Waals surface area contributed by atoms with E-state index in [2.05, 4.69) is 35.8 Å². The molecule has 1 aliphatic rings. The van der Waals surface area contributed by atoms with Gasteiger partial charge in [-0.15, -0.1) is 0 Å². The molecule has 0 spiro atoms. The second kappa shape index (κ2) is 7.03. The Balaban J connectivity index is 1.68. The highest BCUT2D eigenvalue weighted by atomic mass is 16.2. The van der Waals surface area contributed by atoms with E-state index in [-0.39, 0.29) is 11.9 Å². The largest absolute Gasteiger partial charge is 0.373 e. The van der Waals surface area contributed by atoms with Crippen molar-refractivity contribution in [2.45, 2.75) is 51.6 Å². The van der Waals surface area contributed by atoms with Gasteiger partial charge in [0.1, 0.15) is 6.04 Å². The van der Waals surface area contributed by atoms with Gasteiger partial charge in [-0.1, -0.05) is 56.2 Å². The summed E-state index contributed by atoms with van der Waals surface area (Å²) in [7, 11) is 0. The molecule has 23 heavy (non-hydrogen) atoms. The average molecular weight is 310 g/mol. The number of carbonyl (C=O) groups excluding carboxylic acids is 1. The van der Waals surface area contributed by atoms with E-state index in [1.54, 1.807) is 0 Å². The van der Waals surface area contributed by atoms with E-state index in [9.17, 15) is 4.79 Å². The quantitative estimate of drug-likeness (QED) is 0.882. The summed E-state index contributed by atoms with van der Waals surface area (Å²) in [6.45, 7) is 4.18. The summed E-state index contributed by atoms with van der Waals surface area (Å²) in [6, 6.07) is 14.5. The van der Waals surface area contributed by atoms with Gasteiger partial charge in [0.05, 0.1) is 0 Å². The highest BCUT2D eigenvalue weighted by Crippen LogP contribution is 2.25. The van der Waals surface area contributed by atoms with E-state index < -0.39 is 0 Å². The van der Waals surface area contributed by atoms with Crippen molar-refractivity contribution in [3.63, 3.8) is 0 Å². The number of carbonyl (C=O) groups is 1. The van der Waals surface area contributed by atoms with Gasteiger partial charge in [-0.3, -0.25) is 4.79 Å². The van der Waals surface area contributed by atoms with Crippen LogP contribution in [0.4, 0.5) is 5.69 Å². The van der Waals surface area contributed by atoms with Gasteiger partial charge >= 0.3 is 0 Å². The smallest absolute Gasteiger partial charge is 0.242 e. The molecule has 0 radical (unpaired) electrons. The first-order valence-corrected chi connectivity index (χ1v) is 8.70. The van der Waals surface area contributed by atoms with Crippen LogP contribution in [0.25, 0.3) is 10.8 Å². The summed E-state index contributed by atoms with van der Waals surface area (Å²) in [5.74, 6) is 0.675. The van der Waals surface area contributed by atoms with Gasteiger partial charge in [0, 0.05) is 17.1 Å². The highest BCUT2D eigenvalue weighted by molar-refractivity contribution is 5.95. The molecule has 2 aromatic carbocycles. The van der Waals surface area contributed by atoms with Crippen molar-refractivity contribution in [2.24, 2.45) is 5.92 Å². The third-order valence-corrected chi connectivity index (χ3v) is 4.99. The number of hydrogen-bond donors (Lipinski definition) is 2. The Morgan fingerprint density at radius 2 is 1.83 bits per heavy atom. The van der Waals surface area contributed by atoms with Gasteiger partial charge in [0.25, 0.3) is 0 Å². The van der Waals surface area contributed by atoms with Gasteiger partial charge in [-0.2, -0.15) is 0 Å². The summed E-state index contributed by atoms with van der Waals surface area (Å²) in [5, 5.41) is 8.95. The fraction of sp³-hybridized carbons (Fsp3) is 0.450. The van der Waals surface area contributed by atoms with Crippen molar-refractivity contribution in [1.82, 2.24) is 5.32 Å². The number of fused-ring (bicyclic) bond motifs is 1. The topological polar surface area (TPSA) is 41.1 Å². The van der Waals surface area contributed by atoms with Gasteiger partial charge in [0.15, 0.2) is 0 Å². The molecule has 3 nitrogen and oxygen atoms in total. The molecule has 1 aliphatic carbocycles. The molecule has 1 amide bonds. The Kier molecular flexibility index (Phi) is 4.85. The molecular weight excluding hydrogens is 284 g/mol. The molecule has 122 valence electrons. The summed E-state index contributed by atoms with van der Waals surface area (Å²) >= 11 is 0. The molecule has 2 N–H and O–H groups in total. The zero-order valence-electron chi connectivity index (χ0n) is 14.0. The van der Waals surface area contributed by atoms with E-state index in [0.29, 0.717) is 12.0 Å². The summed E-state index contributed by atoms with van der Waals surface area (Å²) in [4.78, 5) is 12.5. The van der Waals surface area contributed by atoms with Crippen LogP contribution in [0.2, 0.25) is 0 Å². The first-order chi connectivity index (χ1) is 11.1. The standard InChI is InChI=1S/C20H26N2O/c1-14-8-3-6-12-18(14)22-20(23)15(2)21-19-13-7-10-16-9-4-5-11-17(16)19/h4-5,7,9-11,13-15,18,21H,3,6,8,12H2,1-2H3,(H,22,23)/t14-,15+,18+/m0/s1. The SMILES string of the molecule is C[C@@H](Nc1cccc2ccccc12)C(=O)N[C@@H]1CCCC[C@@H]1C. The predicted molar refractivity (Wildman–Crippen MR) is 96.6 cm³/mol. The Morgan fingerprint density at radius 1 is 1.09 bits per heavy atom. The number of nitrogens with one attached hydrogen (secondary N) is 2. The molecule has 0 unspecified atom stereocenters. The van der Waals surface area contributed by atoms with Crippen molar-refractivity contribution in [2.75, 3.05) is 5.32 Å². The highest BCUT2D eigenvalue weighted by Gasteiger charge is 2.24. The van der Waals surface area contributed by atoms with Crippen molar-refractivity contribution in [1.29, 1.82) is 0 Å². The van der Waals surface area contributed by atoms with Crippen molar-refractivity contribution in [3.8, 4) is 0 Å². The fourth-order valence-electron chi connectivity index (χ4n) is 3.49. The molecule has 0 heterocycles. The number of anilines is 1. The molecule has 0 aliphatic heterocycles. The van der Waals surface area contributed by atoms with Crippen LogP contribution in [0.15, 0.2) is 42.5 Å². The first kappa shape index (κ1) is 15.9. The summed E-state index contributed by atoms with van der Waals surface area (Å²) in [6.07, 6.45) is 4.84. The maximum atomic E-state index is 12.5. The van der Waals surface area contributed by atoms with Crippen LogP contribution in [0.1, 0.15) is 39.5 Å². The normalized spacial score (nSPS) is 22.5. The zero-order chi connectivity index (χ0) is 16.2. The van der Waals surface area contributed by atoms with E-state index in [4.69, 9.17) is 0 Å². The molecule has 3 atom stereocenters. The fourth-order valence-corrected chi connectivity index (χ4v) is 3.49. The predicted octanol–water partition coefficient (Wildman–Crippen LogP) is 4.34. The van der Waals surface area contributed by atoms with Crippen molar-refractivity contribution < 1.29 is 4.79 Å². The number of benzene rings is 2. The van der Waals surface area contributed by atoms with E-state index in [0.717, 1.165) is 17.5 Å². The lowest BCUT2D eigenvalue weighted by atomic mass is 9.86. The minimum atomic E-state index is -0.241. The van der Waals surface area contributed by atoms with Gasteiger partial charge in [-0.05, 0) is 37.1 Å². The first-order valence-electron chi connectivity index (χ1n) is 8.70.